The molecule has 0 atom stereocenters. The van der Waals surface area contributed by atoms with Gasteiger partial charge in [0.15, 0.2) is 9.84 Å². The maximum Gasteiger partial charge on any atom is 0.153 e. The first-order valence-corrected chi connectivity index (χ1v) is 4.84. The van der Waals surface area contributed by atoms with Crippen molar-refractivity contribution >= 4 is 9.84 Å². The minimum atomic E-state index is -2.94. The van der Waals surface area contributed by atoms with Crippen molar-refractivity contribution in [1.82, 2.24) is 0 Å². The van der Waals surface area contributed by atoms with Gasteiger partial charge in [-0.3, -0.25) is 0 Å². The third-order valence-corrected chi connectivity index (χ3v) is 2.67. The second-order valence-corrected chi connectivity index (χ2v) is 4.24. The Kier molecular flexibility index (Phi) is 4.59. The van der Waals surface area contributed by atoms with Crippen molar-refractivity contribution in [2.24, 2.45) is 5.73 Å². The van der Waals surface area contributed by atoms with Crippen molar-refractivity contribution in [3.63, 3.8) is 0 Å². The fraction of sp³-hybridized carbons (Fsp3) is 1.00. The lowest BCUT2D eigenvalue weighted by Crippen LogP contribution is -2.20. The van der Waals surface area contributed by atoms with E-state index >= 15 is 0 Å². The minimum Gasteiger partial charge on any atom is -0.384 e. The number of methoxy groups -OCH3 is 1. The van der Waals surface area contributed by atoms with Crippen LogP contribution >= 0.6 is 0 Å². The van der Waals surface area contributed by atoms with E-state index < -0.39 is 9.84 Å². The monoisotopic (exact) mass is 167 g/mol. The molecule has 0 aliphatic rings. The maximum atomic E-state index is 10.8. The molecule has 0 aromatic rings. The molecule has 0 bridgehead atoms. The SMILES string of the molecule is COCCS(=O)(=O)CCN. The molecule has 0 aromatic carbocycles. The van der Waals surface area contributed by atoms with Gasteiger partial charge in [-0.1, -0.05) is 0 Å². The summed E-state index contributed by atoms with van der Waals surface area (Å²) >= 11 is 0. The molecule has 0 saturated carbocycles. The summed E-state index contributed by atoms with van der Waals surface area (Å²) < 4.78 is 26.3. The Balaban J connectivity index is 3.65. The van der Waals surface area contributed by atoms with E-state index in [0.717, 1.165) is 0 Å². The first-order valence-electron chi connectivity index (χ1n) is 3.02. The minimum absolute atomic E-state index is 0.0519. The summed E-state index contributed by atoms with van der Waals surface area (Å²) in [4.78, 5) is 0. The van der Waals surface area contributed by atoms with Gasteiger partial charge in [-0.2, -0.15) is 0 Å². The van der Waals surface area contributed by atoms with E-state index in [0.29, 0.717) is 0 Å². The Morgan fingerprint density at radius 3 is 2.40 bits per heavy atom. The van der Waals surface area contributed by atoms with E-state index in [2.05, 4.69) is 4.74 Å². The van der Waals surface area contributed by atoms with Gasteiger partial charge in [0, 0.05) is 13.7 Å². The lowest BCUT2D eigenvalue weighted by molar-refractivity contribution is 0.217. The van der Waals surface area contributed by atoms with Gasteiger partial charge in [0.05, 0.1) is 18.1 Å². The molecule has 5 heteroatoms. The molecule has 0 saturated heterocycles. The predicted molar refractivity (Wildman–Crippen MR) is 39.6 cm³/mol. The molecule has 10 heavy (non-hydrogen) atoms. The first-order chi connectivity index (χ1) is 4.62. The van der Waals surface area contributed by atoms with Crippen LogP contribution in [0.1, 0.15) is 0 Å². The van der Waals surface area contributed by atoms with Crippen LogP contribution in [0.3, 0.4) is 0 Å². The van der Waals surface area contributed by atoms with Crippen molar-refractivity contribution < 1.29 is 13.2 Å². The molecular weight excluding hydrogens is 154 g/mol. The maximum absolute atomic E-state index is 10.8. The summed E-state index contributed by atoms with van der Waals surface area (Å²) in [6.45, 7) is 0.439. The Morgan fingerprint density at radius 2 is 2.00 bits per heavy atom. The molecule has 0 spiro atoms. The van der Waals surface area contributed by atoms with Crippen LogP contribution < -0.4 is 5.73 Å². The quantitative estimate of drug-likeness (QED) is 0.570. The van der Waals surface area contributed by atoms with Crippen molar-refractivity contribution in [1.29, 1.82) is 0 Å². The van der Waals surface area contributed by atoms with E-state index in [1.165, 1.54) is 7.11 Å². The number of sulfone groups is 1. The fourth-order valence-electron chi connectivity index (χ4n) is 0.492. The molecule has 0 radical (unpaired) electrons. The van der Waals surface area contributed by atoms with Crippen molar-refractivity contribution in [3.05, 3.63) is 0 Å². The van der Waals surface area contributed by atoms with Crippen LogP contribution in [0.25, 0.3) is 0 Å². The lowest BCUT2D eigenvalue weighted by atomic mass is 10.8. The highest BCUT2D eigenvalue weighted by molar-refractivity contribution is 7.91. The Morgan fingerprint density at radius 1 is 1.40 bits per heavy atom. The molecule has 62 valence electrons. The molecule has 0 heterocycles. The molecule has 0 amide bonds. The Bertz CT molecular complexity index is 164. The van der Waals surface area contributed by atoms with Crippen LogP contribution in [0.15, 0.2) is 0 Å². The number of ether oxygens (including phenoxy) is 1. The van der Waals surface area contributed by atoms with Gasteiger partial charge >= 0.3 is 0 Å². The zero-order valence-corrected chi connectivity index (χ0v) is 6.86. The molecule has 0 aromatic heterocycles. The molecule has 4 nitrogen and oxygen atoms in total. The molecular formula is C5H13NO3S. The van der Waals surface area contributed by atoms with Crippen molar-refractivity contribution in [3.8, 4) is 0 Å². The average molecular weight is 167 g/mol. The smallest absolute Gasteiger partial charge is 0.153 e. The van der Waals surface area contributed by atoms with Gasteiger partial charge in [-0.05, 0) is 0 Å². The van der Waals surface area contributed by atoms with Crippen LogP contribution in [-0.2, 0) is 14.6 Å². The third-order valence-electron chi connectivity index (χ3n) is 1.03. The molecule has 0 rings (SSSR count). The molecule has 0 fully saturated rings. The summed E-state index contributed by atoms with van der Waals surface area (Å²) in [5.41, 5.74) is 5.07. The second kappa shape index (κ2) is 4.65. The average Bonchev–Trinajstić information content (AvgIpc) is 1.84. The predicted octanol–water partition coefficient (Wildman–Crippen LogP) is -0.994. The number of hydrogen-bond donors (Lipinski definition) is 1. The molecule has 0 unspecified atom stereocenters. The summed E-state index contributed by atoms with van der Waals surface area (Å²) in [7, 11) is -1.47. The van der Waals surface area contributed by atoms with Gasteiger partial charge in [0.2, 0.25) is 0 Å². The van der Waals surface area contributed by atoms with E-state index in [9.17, 15) is 8.42 Å². The highest BCUT2D eigenvalue weighted by atomic mass is 32.2. The highest BCUT2D eigenvalue weighted by Gasteiger charge is 2.07. The lowest BCUT2D eigenvalue weighted by Gasteiger charge is -1.99. The molecule has 0 aliphatic heterocycles. The largest absolute Gasteiger partial charge is 0.384 e. The number of nitrogens with two attached hydrogens (primary N) is 1. The van der Waals surface area contributed by atoms with Crippen LogP contribution in [0.5, 0.6) is 0 Å². The zero-order chi connectivity index (χ0) is 8.04. The molecule has 2 N–H and O–H groups in total. The Labute approximate surface area is 61.3 Å². The topological polar surface area (TPSA) is 69.4 Å². The summed E-state index contributed by atoms with van der Waals surface area (Å²) in [6.07, 6.45) is 0. The van der Waals surface area contributed by atoms with E-state index in [1.54, 1.807) is 0 Å². The normalized spacial score (nSPS) is 11.8. The van der Waals surface area contributed by atoms with Crippen LogP contribution in [-0.4, -0.2) is 40.2 Å². The van der Waals surface area contributed by atoms with Crippen LogP contribution in [0.2, 0.25) is 0 Å². The van der Waals surface area contributed by atoms with E-state index in [4.69, 9.17) is 5.73 Å². The summed E-state index contributed by atoms with van der Waals surface area (Å²) in [6, 6.07) is 0. The van der Waals surface area contributed by atoms with Gasteiger partial charge in [-0.25, -0.2) is 8.42 Å². The van der Waals surface area contributed by atoms with Crippen molar-refractivity contribution in [2.45, 2.75) is 0 Å². The van der Waals surface area contributed by atoms with E-state index in [1.807, 2.05) is 0 Å². The summed E-state index contributed by atoms with van der Waals surface area (Å²) in [5.74, 6) is 0.122. The zero-order valence-electron chi connectivity index (χ0n) is 6.04. The van der Waals surface area contributed by atoms with Gasteiger partial charge < -0.3 is 10.5 Å². The fourth-order valence-corrected chi connectivity index (χ4v) is 1.48. The van der Waals surface area contributed by atoms with Gasteiger partial charge in [-0.15, -0.1) is 0 Å². The highest BCUT2D eigenvalue weighted by Crippen LogP contribution is 1.87. The number of hydrogen-bond acceptors (Lipinski definition) is 4. The van der Waals surface area contributed by atoms with Gasteiger partial charge in [0.1, 0.15) is 0 Å². The molecule has 0 aliphatic carbocycles. The van der Waals surface area contributed by atoms with Crippen LogP contribution in [0, 0.1) is 0 Å². The Hall–Kier alpha value is -0.130. The standard InChI is InChI=1S/C5H13NO3S/c1-9-3-5-10(7,8)4-2-6/h2-6H2,1H3. The van der Waals surface area contributed by atoms with Gasteiger partial charge in [0.25, 0.3) is 0 Å². The first kappa shape index (κ1) is 9.87. The number of rotatable bonds is 5. The van der Waals surface area contributed by atoms with Crippen LogP contribution in [0.4, 0.5) is 0 Å². The third kappa shape index (κ3) is 4.72. The second-order valence-electron chi connectivity index (χ2n) is 1.93. The summed E-state index contributed by atoms with van der Waals surface area (Å²) in [5, 5.41) is 0. The van der Waals surface area contributed by atoms with Crippen molar-refractivity contribution in [2.75, 3.05) is 31.8 Å². The van der Waals surface area contributed by atoms with E-state index in [-0.39, 0.29) is 24.7 Å².